The van der Waals surface area contributed by atoms with Crippen LogP contribution in [0.15, 0.2) is 77.8 Å². The summed E-state index contributed by atoms with van der Waals surface area (Å²) in [6, 6.07) is 18.0. The van der Waals surface area contributed by atoms with Gasteiger partial charge in [0.1, 0.15) is 17.7 Å². The fourth-order valence-electron chi connectivity index (χ4n) is 3.96. The number of anilines is 1. The minimum absolute atomic E-state index is 0.487. The van der Waals surface area contributed by atoms with Crippen LogP contribution in [-0.2, 0) is 14.4 Å². The molecule has 0 saturated carbocycles. The zero-order chi connectivity index (χ0) is 26.7. The molecule has 0 aromatic heterocycles. The fraction of sp³-hybridized carbons (Fsp3) is 0.185. The summed E-state index contributed by atoms with van der Waals surface area (Å²) in [5.41, 5.74) is 1.68. The molecule has 190 valence electrons. The summed E-state index contributed by atoms with van der Waals surface area (Å²) in [7, 11) is 1.56. The van der Waals surface area contributed by atoms with Crippen molar-refractivity contribution < 1.29 is 28.3 Å². The number of carbonyl (C=O) groups excluding carboxylic acids is 3. The van der Waals surface area contributed by atoms with E-state index in [2.05, 4.69) is 15.6 Å². The van der Waals surface area contributed by atoms with E-state index < -0.39 is 53.2 Å². The molecule has 0 saturated heterocycles. The number of carbonyl (C=O) groups is 3. The minimum atomic E-state index is -2.18. The van der Waals surface area contributed by atoms with Crippen LogP contribution in [0, 0.1) is 11.6 Å². The number of aliphatic imine (C=N–C) groups is 1. The first-order valence-electron chi connectivity index (χ1n) is 11.4. The van der Waals surface area contributed by atoms with Crippen molar-refractivity contribution in [3.63, 3.8) is 0 Å². The number of hydrogen-bond acceptors (Lipinski definition) is 5. The fourth-order valence-corrected chi connectivity index (χ4v) is 3.96. The summed E-state index contributed by atoms with van der Waals surface area (Å²) in [5, 5.41) is 14.9. The molecule has 4 rings (SSSR count). The number of fused-ring (bicyclic) bond motifs is 1. The maximum Gasteiger partial charge on any atom is 0.272 e. The van der Waals surface area contributed by atoms with Gasteiger partial charge in [0, 0.05) is 18.2 Å². The molecule has 3 amide bonds. The van der Waals surface area contributed by atoms with Gasteiger partial charge in [-0.3, -0.25) is 14.4 Å². The van der Waals surface area contributed by atoms with Crippen molar-refractivity contribution in [3.8, 4) is 0 Å². The van der Waals surface area contributed by atoms with E-state index >= 15 is 0 Å². The molecule has 8 nitrogen and oxygen atoms in total. The number of likely N-dealkylation sites (N-methyl/N-ethyl adjacent to an activating group) is 1. The summed E-state index contributed by atoms with van der Waals surface area (Å²) in [4.78, 5) is 44.5. The number of amides is 3. The Morgan fingerprint density at radius 1 is 0.946 bits per heavy atom. The molecular weight excluding hydrogens is 482 g/mol. The van der Waals surface area contributed by atoms with Crippen LogP contribution in [0.5, 0.6) is 0 Å². The first-order valence-corrected chi connectivity index (χ1v) is 11.4. The van der Waals surface area contributed by atoms with Gasteiger partial charge in [-0.15, -0.1) is 0 Å². The van der Waals surface area contributed by atoms with Crippen LogP contribution in [-0.4, -0.2) is 47.8 Å². The van der Waals surface area contributed by atoms with E-state index in [9.17, 15) is 28.3 Å². The number of nitrogens with zero attached hydrogens (tertiary/aromatic N) is 2. The van der Waals surface area contributed by atoms with Crippen molar-refractivity contribution in [2.75, 3.05) is 11.9 Å². The third kappa shape index (κ3) is 5.24. The molecule has 0 spiro atoms. The van der Waals surface area contributed by atoms with Gasteiger partial charge in [0.05, 0.1) is 17.0 Å². The van der Waals surface area contributed by atoms with E-state index in [0.29, 0.717) is 17.0 Å². The minimum Gasteiger partial charge on any atom is -0.378 e. The first kappa shape index (κ1) is 25.6. The van der Waals surface area contributed by atoms with Gasteiger partial charge in [0.15, 0.2) is 6.10 Å². The molecule has 10 heteroatoms. The highest BCUT2D eigenvalue weighted by Gasteiger charge is 2.33. The number of benzodiazepines with no additional fused rings is 1. The van der Waals surface area contributed by atoms with Crippen molar-refractivity contribution in [1.29, 1.82) is 0 Å². The average molecular weight is 507 g/mol. The van der Waals surface area contributed by atoms with Crippen molar-refractivity contribution in [3.05, 3.63) is 101 Å². The van der Waals surface area contributed by atoms with Crippen LogP contribution in [0.3, 0.4) is 0 Å². The van der Waals surface area contributed by atoms with Gasteiger partial charge in [-0.2, -0.15) is 0 Å². The summed E-state index contributed by atoms with van der Waals surface area (Å²) in [6.45, 7) is 1.30. The van der Waals surface area contributed by atoms with Gasteiger partial charge in [-0.1, -0.05) is 54.6 Å². The Morgan fingerprint density at radius 3 is 2.24 bits per heavy atom. The Hall–Kier alpha value is -4.44. The van der Waals surface area contributed by atoms with E-state index in [0.717, 1.165) is 23.8 Å². The van der Waals surface area contributed by atoms with Crippen LogP contribution < -0.4 is 15.5 Å². The molecule has 3 N–H and O–H groups in total. The number of benzene rings is 3. The standard InChI is InChI=1S/C27H24F2N4O4/c1-15(30-26(36)23(34)21-18(28)12-8-13-19(21)29)25(35)32-24-27(37)33(2)20-14-7-6-11-17(20)22(31-24)16-9-4-3-5-10-16/h3-15,23-24,34H,1-2H3,(H,30,36)(H,32,35)/t15-,23?,24+/m0/s1. The van der Waals surface area contributed by atoms with Crippen molar-refractivity contribution >= 4 is 29.1 Å². The van der Waals surface area contributed by atoms with Crippen molar-refractivity contribution in [1.82, 2.24) is 10.6 Å². The zero-order valence-corrected chi connectivity index (χ0v) is 20.0. The normalized spacial score (nSPS) is 16.7. The Balaban J connectivity index is 1.56. The second-order valence-electron chi connectivity index (χ2n) is 8.44. The number of nitrogens with one attached hydrogen (secondary N) is 2. The highest BCUT2D eigenvalue weighted by molar-refractivity contribution is 6.20. The van der Waals surface area contributed by atoms with Crippen LogP contribution in [0.2, 0.25) is 0 Å². The largest absolute Gasteiger partial charge is 0.378 e. The average Bonchev–Trinajstić information content (AvgIpc) is 2.99. The van der Waals surface area contributed by atoms with E-state index in [1.165, 1.54) is 11.8 Å². The predicted octanol–water partition coefficient (Wildman–Crippen LogP) is 2.46. The Labute approximate surface area is 211 Å². The molecule has 3 aromatic rings. The number of aliphatic hydroxyl groups excluding tert-OH is 1. The van der Waals surface area contributed by atoms with Gasteiger partial charge in [0.25, 0.3) is 11.8 Å². The molecule has 37 heavy (non-hydrogen) atoms. The number of hydrogen-bond donors (Lipinski definition) is 3. The molecule has 0 bridgehead atoms. The molecule has 3 aromatic carbocycles. The molecule has 1 aliphatic rings. The van der Waals surface area contributed by atoms with Gasteiger partial charge in [-0.05, 0) is 25.1 Å². The molecule has 0 radical (unpaired) electrons. The second-order valence-corrected chi connectivity index (χ2v) is 8.44. The SMILES string of the molecule is C[C@H](NC(=O)C(O)c1c(F)cccc1F)C(=O)N[C@H]1N=C(c2ccccc2)c2ccccc2N(C)C1=O. The molecule has 1 unspecified atom stereocenters. The Morgan fingerprint density at radius 2 is 1.57 bits per heavy atom. The molecule has 3 atom stereocenters. The van der Waals surface area contributed by atoms with Gasteiger partial charge in [-0.25, -0.2) is 13.8 Å². The topological polar surface area (TPSA) is 111 Å². The summed E-state index contributed by atoms with van der Waals surface area (Å²) in [5.74, 6) is -4.69. The number of aliphatic hydroxyl groups is 1. The smallest absolute Gasteiger partial charge is 0.272 e. The Bertz CT molecular complexity index is 1360. The lowest BCUT2D eigenvalue weighted by Gasteiger charge is -2.22. The molecule has 0 aliphatic carbocycles. The quantitative estimate of drug-likeness (QED) is 0.477. The van der Waals surface area contributed by atoms with Crippen LogP contribution in [0.25, 0.3) is 0 Å². The molecular formula is C27H24F2N4O4. The second kappa shape index (κ2) is 10.7. The molecule has 0 fully saturated rings. The highest BCUT2D eigenvalue weighted by atomic mass is 19.1. The summed E-state index contributed by atoms with van der Waals surface area (Å²) < 4.78 is 27.9. The van der Waals surface area contributed by atoms with E-state index in [1.807, 2.05) is 42.5 Å². The third-order valence-electron chi connectivity index (χ3n) is 5.94. The van der Waals surface area contributed by atoms with E-state index in [-0.39, 0.29) is 0 Å². The van der Waals surface area contributed by atoms with E-state index in [1.54, 1.807) is 19.2 Å². The number of halogens is 2. The van der Waals surface area contributed by atoms with Crippen LogP contribution in [0.4, 0.5) is 14.5 Å². The summed E-state index contributed by atoms with van der Waals surface area (Å²) in [6.07, 6.45) is -3.51. The zero-order valence-electron chi connectivity index (χ0n) is 20.0. The van der Waals surface area contributed by atoms with Crippen molar-refractivity contribution in [2.24, 2.45) is 4.99 Å². The number of rotatable bonds is 6. The highest BCUT2D eigenvalue weighted by Crippen LogP contribution is 2.27. The molecule has 1 heterocycles. The molecule has 1 aliphatic heterocycles. The van der Waals surface area contributed by atoms with Gasteiger partial charge in [0.2, 0.25) is 12.1 Å². The monoisotopic (exact) mass is 506 g/mol. The third-order valence-corrected chi connectivity index (χ3v) is 5.94. The van der Waals surface area contributed by atoms with Crippen molar-refractivity contribution in [2.45, 2.75) is 25.2 Å². The lowest BCUT2D eigenvalue weighted by molar-refractivity contribution is -0.134. The van der Waals surface area contributed by atoms with Gasteiger partial charge >= 0.3 is 0 Å². The lowest BCUT2D eigenvalue weighted by Crippen LogP contribution is -2.52. The maximum absolute atomic E-state index is 14.0. The Kier molecular flexibility index (Phi) is 7.40. The summed E-state index contributed by atoms with van der Waals surface area (Å²) >= 11 is 0. The van der Waals surface area contributed by atoms with Crippen LogP contribution in [0.1, 0.15) is 29.7 Å². The number of para-hydroxylation sites is 1. The first-order chi connectivity index (χ1) is 17.7. The van der Waals surface area contributed by atoms with Gasteiger partial charge < -0.3 is 20.6 Å². The predicted molar refractivity (Wildman–Crippen MR) is 133 cm³/mol. The maximum atomic E-state index is 14.0. The van der Waals surface area contributed by atoms with Crippen LogP contribution >= 0.6 is 0 Å². The van der Waals surface area contributed by atoms with E-state index in [4.69, 9.17) is 0 Å². The lowest BCUT2D eigenvalue weighted by atomic mass is 10.0.